The zero-order valence-corrected chi connectivity index (χ0v) is 9.28. The molecule has 0 bridgehead atoms. The van der Waals surface area contributed by atoms with Gasteiger partial charge in [0.25, 0.3) is 0 Å². The molecule has 0 aliphatic carbocycles. The van der Waals surface area contributed by atoms with Gasteiger partial charge in [0.05, 0.1) is 6.10 Å². The minimum absolute atomic E-state index is 0.423. The molecular weight excluding hydrogens is 186 g/mol. The van der Waals surface area contributed by atoms with Gasteiger partial charge >= 0.3 is 0 Å². The number of rotatable bonds is 3. The van der Waals surface area contributed by atoms with E-state index in [-0.39, 0.29) is 0 Å². The van der Waals surface area contributed by atoms with Gasteiger partial charge in [0.1, 0.15) is 0 Å². The highest BCUT2D eigenvalue weighted by Gasteiger charge is 2.24. The lowest BCUT2D eigenvalue weighted by Gasteiger charge is -2.31. The van der Waals surface area contributed by atoms with Crippen LogP contribution in [-0.2, 0) is 11.2 Å². The molecule has 1 aromatic rings. The summed E-state index contributed by atoms with van der Waals surface area (Å²) in [6.07, 6.45) is 2.67. The van der Waals surface area contributed by atoms with Crippen molar-refractivity contribution >= 4 is 0 Å². The van der Waals surface area contributed by atoms with E-state index >= 15 is 0 Å². The molecule has 0 spiro atoms. The van der Waals surface area contributed by atoms with Gasteiger partial charge in [-0.05, 0) is 24.9 Å². The van der Waals surface area contributed by atoms with Crippen molar-refractivity contribution in [2.45, 2.75) is 18.9 Å². The minimum atomic E-state index is 0.423. The molecule has 2 heteroatoms. The summed E-state index contributed by atoms with van der Waals surface area (Å²) in [7, 11) is 1.83. The van der Waals surface area contributed by atoms with Gasteiger partial charge in [0, 0.05) is 19.6 Å². The molecule has 0 unspecified atom stereocenters. The van der Waals surface area contributed by atoms with Gasteiger partial charge in [-0.3, -0.25) is 0 Å². The molecule has 2 rings (SSSR count). The first-order valence-electron chi connectivity index (χ1n) is 5.67. The average molecular weight is 205 g/mol. The van der Waals surface area contributed by atoms with E-state index in [0.29, 0.717) is 12.0 Å². The molecule has 1 aliphatic heterocycles. The van der Waals surface area contributed by atoms with Crippen LogP contribution in [0.4, 0.5) is 0 Å². The van der Waals surface area contributed by atoms with E-state index in [1.54, 1.807) is 0 Å². The van der Waals surface area contributed by atoms with Crippen LogP contribution < -0.4 is 5.32 Å². The number of hydrogen-bond acceptors (Lipinski definition) is 2. The van der Waals surface area contributed by atoms with E-state index in [2.05, 4.69) is 35.6 Å². The van der Waals surface area contributed by atoms with Crippen LogP contribution in [0.25, 0.3) is 0 Å². The molecule has 1 saturated heterocycles. The molecule has 0 saturated carbocycles. The Morgan fingerprint density at radius 3 is 2.87 bits per heavy atom. The molecule has 0 amide bonds. The number of hydrogen-bond donors (Lipinski definition) is 1. The summed E-state index contributed by atoms with van der Waals surface area (Å²) in [6.45, 7) is 2.16. The van der Waals surface area contributed by atoms with E-state index in [9.17, 15) is 0 Å². The fourth-order valence-corrected chi connectivity index (χ4v) is 2.33. The van der Waals surface area contributed by atoms with E-state index in [0.717, 1.165) is 25.9 Å². The molecule has 1 N–H and O–H groups in total. The smallest absolute Gasteiger partial charge is 0.0626 e. The lowest BCUT2D eigenvalue weighted by molar-refractivity contribution is 0.0311. The Labute approximate surface area is 91.6 Å². The van der Waals surface area contributed by atoms with Gasteiger partial charge in [-0.15, -0.1) is 0 Å². The van der Waals surface area contributed by atoms with E-state index in [1.807, 2.05) is 7.11 Å². The highest BCUT2D eigenvalue weighted by Crippen LogP contribution is 2.19. The monoisotopic (exact) mass is 205 g/mol. The largest absolute Gasteiger partial charge is 0.381 e. The van der Waals surface area contributed by atoms with Crippen LogP contribution in [0.15, 0.2) is 30.3 Å². The number of methoxy groups -OCH3 is 1. The summed E-state index contributed by atoms with van der Waals surface area (Å²) in [4.78, 5) is 0. The fraction of sp³-hybridized carbons (Fsp3) is 0.538. The third kappa shape index (κ3) is 2.80. The first-order chi connectivity index (χ1) is 7.40. The molecule has 0 radical (unpaired) electrons. The number of benzene rings is 1. The number of piperidine rings is 1. The third-order valence-corrected chi connectivity index (χ3v) is 3.18. The first kappa shape index (κ1) is 10.7. The van der Waals surface area contributed by atoms with E-state index in [4.69, 9.17) is 4.74 Å². The molecule has 15 heavy (non-hydrogen) atoms. The third-order valence-electron chi connectivity index (χ3n) is 3.18. The van der Waals surface area contributed by atoms with Crippen molar-refractivity contribution < 1.29 is 4.74 Å². The lowest BCUT2D eigenvalue weighted by atomic mass is 9.89. The second-order valence-corrected chi connectivity index (χ2v) is 4.22. The summed E-state index contributed by atoms with van der Waals surface area (Å²) in [5.74, 6) is 0.617. The van der Waals surface area contributed by atoms with Crippen molar-refractivity contribution in [1.82, 2.24) is 5.32 Å². The van der Waals surface area contributed by atoms with Gasteiger partial charge in [0.2, 0.25) is 0 Å². The summed E-state index contributed by atoms with van der Waals surface area (Å²) in [5.41, 5.74) is 1.41. The molecule has 2 atom stereocenters. The Kier molecular flexibility index (Phi) is 3.75. The minimum Gasteiger partial charge on any atom is -0.381 e. The van der Waals surface area contributed by atoms with Gasteiger partial charge < -0.3 is 10.1 Å². The van der Waals surface area contributed by atoms with Crippen molar-refractivity contribution in [3.63, 3.8) is 0 Å². The second-order valence-electron chi connectivity index (χ2n) is 4.22. The topological polar surface area (TPSA) is 21.3 Å². The van der Waals surface area contributed by atoms with Crippen molar-refractivity contribution in [3.05, 3.63) is 35.9 Å². The zero-order valence-electron chi connectivity index (χ0n) is 9.28. The standard InChI is InChI=1S/C13H19NO/c1-15-13-7-8-14-10-12(13)9-11-5-3-2-4-6-11/h2-6,12-14H,7-10H2,1H3/t12-,13+/m1/s1. The maximum atomic E-state index is 5.54. The predicted molar refractivity (Wildman–Crippen MR) is 61.9 cm³/mol. The Balaban J connectivity index is 1.97. The van der Waals surface area contributed by atoms with Crippen LogP contribution in [0, 0.1) is 5.92 Å². The van der Waals surface area contributed by atoms with Crippen LogP contribution >= 0.6 is 0 Å². The van der Waals surface area contributed by atoms with E-state index < -0.39 is 0 Å². The number of nitrogens with one attached hydrogen (secondary N) is 1. The first-order valence-corrected chi connectivity index (χ1v) is 5.67. The molecular formula is C13H19NO. The summed E-state index contributed by atoms with van der Waals surface area (Å²) in [5, 5.41) is 3.44. The van der Waals surface area contributed by atoms with Crippen LogP contribution in [0.5, 0.6) is 0 Å². The lowest BCUT2D eigenvalue weighted by Crippen LogP contribution is -2.41. The second kappa shape index (κ2) is 5.29. The molecule has 0 aromatic heterocycles. The molecule has 1 aromatic carbocycles. The predicted octanol–water partition coefficient (Wildman–Crippen LogP) is 1.85. The SMILES string of the molecule is CO[C@H]1CCNC[C@H]1Cc1ccccc1. The van der Waals surface area contributed by atoms with Gasteiger partial charge in [0.15, 0.2) is 0 Å². The van der Waals surface area contributed by atoms with Gasteiger partial charge in [-0.2, -0.15) is 0 Å². The fourth-order valence-electron chi connectivity index (χ4n) is 2.33. The maximum Gasteiger partial charge on any atom is 0.0626 e. The highest BCUT2D eigenvalue weighted by atomic mass is 16.5. The quantitative estimate of drug-likeness (QED) is 0.813. The number of ether oxygens (including phenoxy) is 1. The molecule has 1 heterocycles. The average Bonchev–Trinajstić information content (AvgIpc) is 2.31. The summed E-state index contributed by atoms with van der Waals surface area (Å²) >= 11 is 0. The van der Waals surface area contributed by atoms with Crippen molar-refractivity contribution in [2.75, 3.05) is 20.2 Å². The molecule has 2 nitrogen and oxygen atoms in total. The van der Waals surface area contributed by atoms with Gasteiger partial charge in [-0.1, -0.05) is 30.3 Å². The Hall–Kier alpha value is -0.860. The summed E-state index contributed by atoms with van der Waals surface area (Å²) < 4.78 is 5.54. The Morgan fingerprint density at radius 1 is 1.33 bits per heavy atom. The van der Waals surface area contributed by atoms with Crippen molar-refractivity contribution in [1.29, 1.82) is 0 Å². The van der Waals surface area contributed by atoms with Crippen molar-refractivity contribution in [2.24, 2.45) is 5.92 Å². The molecule has 82 valence electrons. The van der Waals surface area contributed by atoms with Crippen LogP contribution in [0.1, 0.15) is 12.0 Å². The molecule has 1 aliphatic rings. The summed E-state index contributed by atoms with van der Waals surface area (Å²) in [6, 6.07) is 10.7. The highest BCUT2D eigenvalue weighted by molar-refractivity contribution is 5.15. The van der Waals surface area contributed by atoms with Crippen LogP contribution in [-0.4, -0.2) is 26.3 Å². The molecule has 1 fully saturated rings. The maximum absolute atomic E-state index is 5.54. The van der Waals surface area contributed by atoms with Crippen molar-refractivity contribution in [3.8, 4) is 0 Å². The van der Waals surface area contributed by atoms with Gasteiger partial charge in [-0.25, -0.2) is 0 Å². The normalized spacial score (nSPS) is 26.5. The van der Waals surface area contributed by atoms with Crippen LogP contribution in [0.2, 0.25) is 0 Å². The Morgan fingerprint density at radius 2 is 2.13 bits per heavy atom. The van der Waals surface area contributed by atoms with E-state index in [1.165, 1.54) is 5.56 Å². The zero-order chi connectivity index (χ0) is 10.5. The Bertz CT molecular complexity index is 286. The van der Waals surface area contributed by atoms with Crippen LogP contribution in [0.3, 0.4) is 0 Å².